The fourth-order valence-corrected chi connectivity index (χ4v) is 5.02. The van der Waals surface area contributed by atoms with Crippen molar-refractivity contribution in [2.45, 2.75) is 36.9 Å². The van der Waals surface area contributed by atoms with Crippen molar-refractivity contribution in [1.82, 2.24) is 9.62 Å². The van der Waals surface area contributed by atoms with Gasteiger partial charge in [0.1, 0.15) is 6.04 Å². The highest BCUT2D eigenvalue weighted by atomic mass is 32.2. The highest BCUT2D eigenvalue weighted by molar-refractivity contribution is 7.89. The first-order valence-corrected chi connectivity index (χ1v) is 10.7. The van der Waals surface area contributed by atoms with E-state index in [0.717, 1.165) is 0 Å². The Balaban J connectivity index is 1.68. The minimum atomic E-state index is -3.78. The third-order valence-electron chi connectivity index (χ3n) is 4.77. The van der Waals surface area contributed by atoms with Crippen LogP contribution in [0.4, 0.5) is 8.78 Å². The third kappa shape index (κ3) is 4.88. The summed E-state index contributed by atoms with van der Waals surface area (Å²) in [4.78, 5) is 12.8. The standard InChI is InChI=1S/C20H22F2N2O5S/c1-28-18-12-14(9-10-17(18)29-20(21)22)13-23-19(25)16-8-5-11-24(16)30(26,27)15-6-3-2-4-7-15/h2-4,6-7,9-10,12,16,20H,5,8,11,13H2,1H3,(H,23,25)/t16-/m1/s1. The molecule has 0 spiro atoms. The van der Waals surface area contributed by atoms with Gasteiger partial charge in [0.2, 0.25) is 15.9 Å². The van der Waals surface area contributed by atoms with E-state index < -0.39 is 28.6 Å². The van der Waals surface area contributed by atoms with Crippen molar-refractivity contribution < 1.29 is 31.5 Å². The number of carbonyl (C=O) groups is 1. The fraction of sp³-hybridized carbons (Fsp3) is 0.350. The quantitative estimate of drug-likeness (QED) is 0.682. The number of rotatable bonds is 8. The molecule has 10 heteroatoms. The summed E-state index contributed by atoms with van der Waals surface area (Å²) in [5.74, 6) is -0.423. The maximum absolute atomic E-state index is 12.9. The van der Waals surface area contributed by atoms with Crippen molar-refractivity contribution in [3.63, 3.8) is 0 Å². The van der Waals surface area contributed by atoms with Gasteiger partial charge in [0, 0.05) is 13.1 Å². The largest absolute Gasteiger partial charge is 0.493 e. The first-order valence-electron chi connectivity index (χ1n) is 9.29. The first kappa shape index (κ1) is 22.0. The molecule has 0 aliphatic carbocycles. The maximum atomic E-state index is 12.9. The molecule has 0 saturated carbocycles. The van der Waals surface area contributed by atoms with Crippen molar-refractivity contribution >= 4 is 15.9 Å². The topological polar surface area (TPSA) is 84.9 Å². The molecule has 1 saturated heterocycles. The molecule has 2 aromatic rings. The molecule has 0 aromatic heterocycles. The van der Waals surface area contributed by atoms with Gasteiger partial charge in [-0.2, -0.15) is 13.1 Å². The summed E-state index contributed by atoms with van der Waals surface area (Å²) in [5.41, 5.74) is 0.595. The Bertz CT molecular complexity index is 986. The van der Waals surface area contributed by atoms with E-state index in [1.165, 1.54) is 41.7 Å². The Morgan fingerprint density at radius 1 is 1.20 bits per heavy atom. The van der Waals surface area contributed by atoms with Crippen LogP contribution in [0, 0.1) is 0 Å². The van der Waals surface area contributed by atoms with Crippen LogP contribution in [0.1, 0.15) is 18.4 Å². The molecule has 1 heterocycles. The Hall–Kier alpha value is -2.72. The van der Waals surface area contributed by atoms with Gasteiger partial charge in [-0.1, -0.05) is 24.3 Å². The number of nitrogens with zero attached hydrogens (tertiary/aromatic N) is 1. The van der Waals surface area contributed by atoms with Crippen molar-refractivity contribution in [2.75, 3.05) is 13.7 Å². The normalized spacial score (nSPS) is 17.1. The van der Waals surface area contributed by atoms with Crippen LogP contribution < -0.4 is 14.8 Å². The summed E-state index contributed by atoms with van der Waals surface area (Å²) in [6, 6.07) is 11.5. The van der Waals surface area contributed by atoms with Crippen LogP contribution in [-0.4, -0.2) is 44.9 Å². The number of nitrogens with one attached hydrogen (secondary N) is 1. The van der Waals surface area contributed by atoms with E-state index in [2.05, 4.69) is 10.1 Å². The van der Waals surface area contributed by atoms with Gasteiger partial charge in [0.15, 0.2) is 11.5 Å². The van der Waals surface area contributed by atoms with Gasteiger partial charge in [0.05, 0.1) is 12.0 Å². The first-order chi connectivity index (χ1) is 14.3. The molecule has 1 atom stereocenters. The number of sulfonamides is 1. The van der Waals surface area contributed by atoms with E-state index in [9.17, 15) is 22.0 Å². The summed E-state index contributed by atoms with van der Waals surface area (Å²) in [5, 5.41) is 2.72. The SMILES string of the molecule is COc1cc(CNC(=O)[C@H]2CCCN2S(=O)(=O)c2ccccc2)ccc1OC(F)F. The number of hydrogen-bond acceptors (Lipinski definition) is 5. The van der Waals surface area contributed by atoms with Crippen molar-refractivity contribution in [2.24, 2.45) is 0 Å². The highest BCUT2D eigenvalue weighted by Gasteiger charge is 2.39. The number of alkyl halides is 2. The molecule has 0 bridgehead atoms. The third-order valence-corrected chi connectivity index (χ3v) is 6.69. The second-order valence-corrected chi connectivity index (χ2v) is 8.56. The van der Waals surface area contributed by atoms with Gasteiger partial charge in [-0.25, -0.2) is 8.42 Å². The summed E-state index contributed by atoms with van der Waals surface area (Å²) in [6.07, 6.45) is 1.00. The van der Waals surface area contributed by atoms with Crippen LogP contribution in [0.2, 0.25) is 0 Å². The van der Waals surface area contributed by atoms with Crippen molar-refractivity contribution in [3.8, 4) is 11.5 Å². The highest BCUT2D eigenvalue weighted by Crippen LogP contribution is 2.30. The van der Waals surface area contributed by atoms with E-state index in [-0.39, 0.29) is 29.5 Å². The zero-order valence-electron chi connectivity index (χ0n) is 16.3. The summed E-state index contributed by atoms with van der Waals surface area (Å²) >= 11 is 0. The monoisotopic (exact) mass is 440 g/mol. The molecule has 3 rings (SSSR count). The molecule has 1 aliphatic rings. The van der Waals surface area contributed by atoms with Crippen LogP contribution in [0.3, 0.4) is 0 Å². The smallest absolute Gasteiger partial charge is 0.387 e. The van der Waals surface area contributed by atoms with Crippen molar-refractivity contribution in [3.05, 3.63) is 54.1 Å². The molecule has 1 aliphatic heterocycles. The van der Waals surface area contributed by atoms with Crippen LogP contribution in [-0.2, 0) is 21.4 Å². The Morgan fingerprint density at radius 3 is 2.60 bits per heavy atom. The molecule has 1 fully saturated rings. The summed E-state index contributed by atoms with van der Waals surface area (Å²) < 4.78 is 61.3. The van der Waals surface area contributed by atoms with E-state index in [4.69, 9.17) is 4.74 Å². The molecule has 1 N–H and O–H groups in total. The van der Waals surface area contributed by atoms with Crippen molar-refractivity contribution in [1.29, 1.82) is 0 Å². The molecule has 0 radical (unpaired) electrons. The average molecular weight is 440 g/mol. The van der Waals surface area contributed by atoms with E-state index >= 15 is 0 Å². The molecule has 2 aromatic carbocycles. The predicted molar refractivity (Wildman–Crippen MR) is 105 cm³/mol. The lowest BCUT2D eigenvalue weighted by atomic mass is 10.1. The predicted octanol–water partition coefficient (Wildman–Crippen LogP) is 2.77. The summed E-state index contributed by atoms with van der Waals surface area (Å²) in [6.45, 7) is -2.63. The van der Waals surface area contributed by atoms with Gasteiger partial charge in [-0.15, -0.1) is 0 Å². The zero-order valence-corrected chi connectivity index (χ0v) is 17.1. The van der Waals surface area contributed by atoms with Crippen LogP contribution >= 0.6 is 0 Å². The maximum Gasteiger partial charge on any atom is 0.387 e. The van der Waals surface area contributed by atoms with E-state index in [1.54, 1.807) is 18.2 Å². The molecule has 7 nitrogen and oxygen atoms in total. The van der Waals surface area contributed by atoms with Gasteiger partial charge in [0.25, 0.3) is 0 Å². The number of hydrogen-bond donors (Lipinski definition) is 1. The molecule has 1 amide bonds. The molecule has 162 valence electrons. The second kappa shape index (κ2) is 9.40. The number of benzene rings is 2. The van der Waals surface area contributed by atoms with Crippen LogP contribution in [0.15, 0.2) is 53.4 Å². The number of halogens is 2. The van der Waals surface area contributed by atoms with E-state index in [0.29, 0.717) is 18.4 Å². The van der Waals surface area contributed by atoms with Gasteiger partial charge >= 0.3 is 6.61 Å². The Kier molecular flexibility index (Phi) is 6.88. The van der Waals surface area contributed by atoms with Gasteiger partial charge in [-0.05, 0) is 42.7 Å². The number of carbonyl (C=O) groups excluding carboxylic acids is 1. The molecule has 30 heavy (non-hydrogen) atoms. The lowest BCUT2D eigenvalue weighted by Gasteiger charge is -2.23. The number of methoxy groups -OCH3 is 1. The minimum absolute atomic E-state index is 0.0832. The number of ether oxygens (including phenoxy) is 2. The van der Waals surface area contributed by atoms with Crippen LogP contribution in [0.5, 0.6) is 11.5 Å². The number of amides is 1. The molecule has 0 unspecified atom stereocenters. The minimum Gasteiger partial charge on any atom is -0.493 e. The summed E-state index contributed by atoms with van der Waals surface area (Å²) in [7, 11) is -2.46. The fourth-order valence-electron chi connectivity index (χ4n) is 3.34. The molecular weight excluding hydrogens is 418 g/mol. The second-order valence-electron chi connectivity index (χ2n) is 6.67. The average Bonchev–Trinajstić information content (AvgIpc) is 3.24. The Morgan fingerprint density at radius 2 is 1.93 bits per heavy atom. The molecular formula is C20H22F2N2O5S. The van der Waals surface area contributed by atoms with Crippen LogP contribution in [0.25, 0.3) is 0 Å². The van der Waals surface area contributed by atoms with E-state index in [1.807, 2.05) is 0 Å². The lowest BCUT2D eigenvalue weighted by Crippen LogP contribution is -2.45. The zero-order chi connectivity index (χ0) is 21.7. The Labute approximate surface area is 173 Å². The lowest BCUT2D eigenvalue weighted by molar-refractivity contribution is -0.124. The van der Waals surface area contributed by atoms with Gasteiger partial charge < -0.3 is 14.8 Å². The van der Waals surface area contributed by atoms with Gasteiger partial charge in [-0.3, -0.25) is 4.79 Å².